The molecule has 3 aromatic heterocycles. The molecule has 0 spiro atoms. The fourth-order valence-electron chi connectivity index (χ4n) is 5.28. The summed E-state index contributed by atoms with van der Waals surface area (Å²) in [7, 11) is 2.05. The molecule has 2 aromatic carbocycles. The number of nitrogens with zero attached hydrogens (tertiary/aromatic N) is 7. The Morgan fingerprint density at radius 2 is 1.95 bits per heavy atom. The number of ether oxygens (including phenoxy) is 1. The van der Waals surface area contributed by atoms with Crippen molar-refractivity contribution >= 4 is 40.0 Å². The van der Waals surface area contributed by atoms with Crippen molar-refractivity contribution in [2.75, 3.05) is 44.7 Å². The average molecular weight is 609 g/mol. The quantitative estimate of drug-likeness (QED) is 0.273. The van der Waals surface area contributed by atoms with Gasteiger partial charge in [-0.15, -0.1) is 15.3 Å². The first-order valence-electron chi connectivity index (χ1n) is 13.5. The molecule has 1 saturated heterocycles. The van der Waals surface area contributed by atoms with Crippen LogP contribution in [0.2, 0.25) is 5.02 Å². The highest BCUT2D eigenvalue weighted by atomic mass is 35.5. The maximum absolute atomic E-state index is 15.7. The highest BCUT2D eigenvalue weighted by Crippen LogP contribution is 2.42. The van der Waals surface area contributed by atoms with Crippen molar-refractivity contribution in [3.63, 3.8) is 0 Å². The van der Waals surface area contributed by atoms with Gasteiger partial charge in [-0.05, 0) is 44.3 Å². The fraction of sp³-hybridized carbons (Fsp3) is 0.321. The van der Waals surface area contributed by atoms with Crippen LogP contribution in [0.4, 0.5) is 10.1 Å². The smallest absolute Gasteiger partial charge is 0.247 e. The summed E-state index contributed by atoms with van der Waals surface area (Å²) in [5.41, 5.74) is 1.73. The molecule has 216 valence electrons. The molecule has 14 heteroatoms. The number of hydrogen-bond donors (Lipinski definition) is 1. The van der Waals surface area contributed by atoms with Gasteiger partial charge in [0.25, 0.3) is 0 Å². The second-order valence-corrected chi connectivity index (χ2v) is 11.8. The second-order valence-electron chi connectivity index (χ2n) is 10.4. The lowest BCUT2D eigenvalue weighted by molar-refractivity contribution is 0.245. The third-order valence-electron chi connectivity index (χ3n) is 7.56. The first kappa shape index (κ1) is 26.9. The highest BCUT2D eigenvalue weighted by Gasteiger charge is 2.31. The van der Waals surface area contributed by atoms with Crippen LogP contribution in [0.1, 0.15) is 18.9 Å². The Morgan fingerprint density at radius 3 is 2.74 bits per heavy atom. The molecular formula is C28H26ClFN8O3S. The van der Waals surface area contributed by atoms with Gasteiger partial charge >= 0.3 is 0 Å². The van der Waals surface area contributed by atoms with Crippen molar-refractivity contribution in [3.05, 3.63) is 63.5 Å². The molecule has 0 saturated carbocycles. The van der Waals surface area contributed by atoms with Gasteiger partial charge in [-0.1, -0.05) is 23.4 Å². The Bertz CT molecular complexity index is 1850. The lowest BCUT2D eigenvalue weighted by Crippen LogP contribution is -2.45. The van der Waals surface area contributed by atoms with Crippen molar-refractivity contribution in [1.82, 2.24) is 34.8 Å². The summed E-state index contributed by atoms with van der Waals surface area (Å²) in [5.74, 6) is 1.37. The van der Waals surface area contributed by atoms with E-state index >= 15 is 4.39 Å². The molecule has 1 N–H and O–H groups in total. The van der Waals surface area contributed by atoms with E-state index in [1.165, 1.54) is 17.8 Å². The van der Waals surface area contributed by atoms with Crippen LogP contribution in [0.25, 0.3) is 33.7 Å². The van der Waals surface area contributed by atoms with E-state index < -0.39 is 5.82 Å². The summed E-state index contributed by atoms with van der Waals surface area (Å²) in [6, 6.07) is 8.37. The van der Waals surface area contributed by atoms with Crippen LogP contribution in [-0.4, -0.2) is 74.7 Å². The molecule has 11 nitrogen and oxygen atoms in total. The van der Waals surface area contributed by atoms with Crippen LogP contribution in [0.5, 0.6) is 5.75 Å². The molecule has 1 atom stereocenters. The number of pyridine rings is 1. The van der Waals surface area contributed by atoms with Crippen molar-refractivity contribution in [1.29, 1.82) is 0 Å². The molecule has 2 aliphatic rings. The summed E-state index contributed by atoms with van der Waals surface area (Å²) in [6.07, 6.45) is 1.76. The number of H-pyrrole nitrogens is 1. The SMILES string of the molecule is C[C@H]1COc2c(N3CCN(C)CC3)c(F)cc3c(=O)c(-c4nc(SCc5nnc(-c6ccc(Cl)cc6)o5)n[nH]4)cn1c23. The van der Waals surface area contributed by atoms with Crippen LogP contribution in [0, 0.1) is 5.82 Å². The Kier molecular flexibility index (Phi) is 6.87. The molecular weight excluding hydrogens is 583 g/mol. The molecule has 0 unspecified atom stereocenters. The number of aromatic amines is 1. The number of rotatable bonds is 6. The Morgan fingerprint density at radius 1 is 1.17 bits per heavy atom. The average Bonchev–Trinajstić information content (AvgIpc) is 3.66. The normalized spacial score (nSPS) is 17.1. The zero-order chi connectivity index (χ0) is 29.0. The Balaban J connectivity index is 1.18. The Labute approximate surface area is 248 Å². The lowest BCUT2D eigenvalue weighted by Gasteiger charge is -2.37. The minimum atomic E-state index is -0.469. The maximum atomic E-state index is 15.7. The maximum Gasteiger partial charge on any atom is 0.247 e. The van der Waals surface area contributed by atoms with Crippen molar-refractivity contribution < 1.29 is 13.5 Å². The van der Waals surface area contributed by atoms with E-state index in [0.717, 1.165) is 18.7 Å². The summed E-state index contributed by atoms with van der Waals surface area (Å²) in [6.45, 7) is 5.35. The predicted molar refractivity (Wildman–Crippen MR) is 158 cm³/mol. The molecule has 1 fully saturated rings. The summed E-state index contributed by atoms with van der Waals surface area (Å²) in [5, 5.41) is 16.6. The van der Waals surface area contributed by atoms with Gasteiger partial charge in [0, 0.05) is 43.0 Å². The number of piperazine rings is 1. The van der Waals surface area contributed by atoms with Crippen LogP contribution in [0.3, 0.4) is 0 Å². The molecule has 2 aliphatic heterocycles. The van der Waals surface area contributed by atoms with Crippen LogP contribution >= 0.6 is 23.4 Å². The van der Waals surface area contributed by atoms with Gasteiger partial charge in [0.2, 0.25) is 22.4 Å². The largest absolute Gasteiger partial charge is 0.487 e. The number of benzene rings is 2. The standard InChI is InChI=1S/C28H26ClFN8O3S/c1-15-13-40-25-22-18(11-20(30)23(25)37-9-7-36(2)8-10-37)24(39)19(12-38(15)22)26-31-28(35-33-26)42-14-21-32-34-27(41-21)16-3-5-17(29)6-4-16/h3-6,11-12,15H,7-10,13-14H2,1-2H3,(H,31,33,35)/t15-/m0/s1. The number of hydrogen-bond acceptors (Lipinski definition) is 10. The van der Waals surface area contributed by atoms with E-state index in [4.69, 9.17) is 20.8 Å². The monoisotopic (exact) mass is 608 g/mol. The first-order chi connectivity index (χ1) is 20.4. The lowest BCUT2D eigenvalue weighted by atomic mass is 10.0. The molecule has 5 aromatic rings. The van der Waals surface area contributed by atoms with E-state index in [1.54, 1.807) is 30.5 Å². The van der Waals surface area contributed by atoms with Crippen LogP contribution in [-0.2, 0) is 5.75 Å². The van der Waals surface area contributed by atoms with E-state index in [1.807, 2.05) is 23.4 Å². The molecule has 0 aliphatic carbocycles. The molecule has 7 rings (SSSR count). The molecule has 5 heterocycles. The third kappa shape index (κ3) is 4.80. The summed E-state index contributed by atoms with van der Waals surface area (Å²) in [4.78, 5) is 22.5. The highest BCUT2D eigenvalue weighted by molar-refractivity contribution is 7.98. The fourth-order valence-corrected chi connectivity index (χ4v) is 6.05. The molecule has 0 bridgehead atoms. The van der Waals surface area contributed by atoms with Gasteiger partial charge in [-0.2, -0.15) is 0 Å². The number of halogens is 2. The minimum absolute atomic E-state index is 0.0747. The van der Waals surface area contributed by atoms with E-state index in [0.29, 0.717) is 75.8 Å². The van der Waals surface area contributed by atoms with Crippen LogP contribution in [0.15, 0.2) is 50.9 Å². The van der Waals surface area contributed by atoms with Crippen LogP contribution < -0.4 is 15.1 Å². The second kappa shape index (κ2) is 10.7. The van der Waals surface area contributed by atoms with Gasteiger partial charge in [0.15, 0.2) is 17.4 Å². The first-order valence-corrected chi connectivity index (χ1v) is 14.8. The number of thioether (sulfide) groups is 1. The molecule has 0 radical (unpaired) electrons. The van der Waals surface area contributed by atoms with E-state index in [2.05, 4.69) is 30.3 Å². The van der Waals surface area contributed by atoms with Crippen molar-refractivity contribution in [2.24, 2.45) is 0 Å². The van der Waals surface area contributed by atoms with E-state index in [9.17, 15) is 4.79 Å². The predicted octanol–water partition coefficient (Wildman–Crippen LogP) is 4.63. The molecule has 0 amide bonds. The van der Waals surface area contributed by atoms with Gasteiger partial charge in [0.1, 0.15) is 12.3 Å². The summed E-state index contributed by atoms with van der Waals surface area (Å²) >= 11 is 7.24. The summed E-state index contributed by atoms with van der Waals surface area (Å²) < 4.78 is 29.5. The van der Waals surface area contributed by atoms with Gasteiger partial charge in [-0.25, -0.2) is 9.37 Å². The number of aromatic nitrogens is 6. The topological polar surface area (TPSA) is 118 Å². The Hall–Kier alpha value is -3.94. The zero-order valence-corrected chi connectivity index (χ0v) is 24.4. The van der Waals surface area contributed by atoms with Crippen molar-refractivity contribution in [2.45, 2.75) is 23.9 Å². The number of anilines is 1. The molecule has 42 heavy (non-hydrogen) atoms. The van der Waals surface area contributed by atoms with Crippen molar-refractivity contribution in [3.8, 4) is 28.6 Å². The van der Waals surface area contributed by atoms with Gasteiger partial charge in [0.05, 0.1) is 28.3 Å². The minimum Gasteiger partial charge on any atom is -0.487 e. The van der Waals surface area contributed by atoms with Gasteiger partial charge in [-0.3, -0.25) is 9.89 Å². The number of nitrogens with one attached hydrogen (secondary N) is 1. The number of likely N-dealkylation sites (N-methyl/N-ethyl adjacent to an activating group) is 1. The third-order valence-corrected chi connectivity index (χ3v) is 8.65. The van der Waals surface area contributed by atoms with E-state index in [-0.39, 0.29) is 16.9 Å². The zero-order valence-electron chi connectivity index (χ0n) is 22.8. The van der Waals surface area contributed by atoms with Gasteiger partial charge < -0.3 is 23.5 Å².